The van der Waals surface area contributed by atoms with E-state index in [1.807, 2.05) is 6.07 Å². The summed E-state index contributed by atoms with van der Waals surface area (Å²) in [5.41, 5.74) is -0.856. The van der Waals surface area contributed by atoms with Crippen LogP contribution in [0.4, 0.5) is 13.2 Å². The van der Waals surface area contributed by atoms with Gasteiger partial charge in [0, 0.05) is 12.6 Å². The zero-order valence-electron chi connectivity index (χ0n) is 14.9. The van der Waals surface area contributed by atoms with Gasteiger partial charge >= 0.3 is 6.18 Å². The SMILES string of the molecule is N#CC1(NC(=O)[C@H]2C[C@@H](S(=O)(=O)c3ccc(OCC(F)(F)F)cc3Cl)CN2)CC1. The molecule has 1 saturated carbocycles. The third-order valence-electron chi connectivity index (χ3n) is 4.78. The van der Waals surface area contributed by atoms with E-state index in [0.717, 1.165) is 18.2 Å². The van der Waals surface area contributed by atoms with Gasteiger partial charge in [0.05, 0.1) is 27.3 Å². The van der Waals surface area contributed by atoms with Crippen LogP contribution in [0.1, 0.15) is 19.3 Å². The first-order valence-corrected chi connectivity index (χ1v) is 10.6. The summed E-state index contributed by atoms with van der Waals surface area (Å²) in [5.74, 6) is -0.650. The molecule has 1 amide bonds. The summed E-state index contributed by atoms with van der Waals surface area (Å²) in [5, 5.41) is 13.3. The van der Waals surface area contributed by atoms with Crippen LogP contribution < -0.4 is 15.4 Å². The van der Waals surface area contributed by atoms with E-state index in [2.05, 4.69) is 15.4 Å². The van der Waals surface area contributed by atoms with Crippen LogP contribution in [0.25, 0.3) is 0 Å². The number of hydrogen-bond acceptors (Lipinski definition) is 6. The normalized spacial score (nSPS) is 23.3. The average Bonchev–Trinajstić information content (AvgIpc) is 3.21. The molecule has 2 N–H and O–H groups in total. The van der Waals surface area contributed by atoms with Crippen LogP contribution >= 0.6 is 11.6 Å². The van der Waals surface area contributed by atoms with Crippen molar-refractivity contribution >= 4 is 27.3 Å². The van der Waals surface area contributed by atoms with Crippen molar-refractivity contribution in [3.8, 4) is 11.8 Å². The Bertz CT molecular complexity index is 958. The number of carbonyl (C=O) groups excluding carboxylic acids is 1. The molecule has 2 atom stereocenters. The first-order chi connectivity index (χ1) is 13.5. The number of nitrogens with one attached hydrogen (secondary N) is 2. The van der Waals surface area contributed by atoms with E-state index in [1.165, 1.54) is 0 Å². The molecule has 3 rings (SSSR count). The second-order valence-electron chi connectivity index (χ2n) is 7.04. The molecule has 0 radical (unpaired) electrons. The monoisotopic (exact) mass is 451 g/mol. The minimum Gasteiger partial charge on any atom is -0.484 e. The van der Waals surface area contributed by atoms with E-state index in [4.69, 9.17) is 16.9 Å². The van der Waals surface area contributed by atoms with Gasteiger partial charge in [-0.3, -0.25) is 4.79 Å². The molecular formula is C17H17ClF3N3O4S. The Morgan fingerprint density at radius 1 is 1.41 bits per heavy atom. The summed E-state index contributed by atoms with van der Waals surface area (Å²) in [4.78, 5) is 12.0. The summed E-state index contributed by atoms with van der Waals surface area (Å²) in [6, 6.07) is 4.46. The number of nitrogens with zero attached hydrogens (tertiary/aromatic N) is 1. The molecule has 0 aromatic heterocycles. The number of amides is 1. The maximum absolute atomic E-state index is 12.9. The van der Waals surface area contributed by atoms with Crippen molar-refractivity contribution in [2.45, 2.75) is 47.2 Å². The summed E-state index contributed by atoms with van der Waals surface area (Å²) in [6.07, 6.45) is -3.44. The minimum absolute atomic E-state index is 0.00261. The number of rotatable bonds is 6. The summed E-state index contributed by atoms with van der Waals surface area (Å²) in [7, 11) is -3.95. The molecule has 1 aliphatic carbocycles. The topological polar surface area (TPSA) is 108 Å². The highest BCUT2D eigenvalue weighted by Crippen LogP contribution is 2.35. The third kappa shape index (κ3) is 4.94. The Labute approximate surface area is 170 Å². The van der Waals surface area contributed by atoms with Crippen molar-refractivity contribution in [3.05, 3.63) is 23.2 Å². The van der Waals surface area contributed by atoms with E-state index >= 15 is 0 Å². The number of halogens is 4. The zero-order chi connectivity index (χ0) is 21.4. The van der Waals surface area contributed by atoms with Gasteiger partial charge in [0.2, 0.25) is 5.91 Å². The molecule has 2 aliphatic rings. The largest absolute Gasteiger partial charge is 0.484 e. The molecule has 1 heterocycles. The molecule has 0 unspecified atom stereocenters. The fourth-order valence-electron chi connectivity index (χ4n) is 3.00. The molecule has 12 heteroatoms. The number of hydrogen-bond donors (Lipinski definition) is 2. The lowest BCUT2D eigenvalue weighted by atomic mass is 10.2. The summed E-state index contributed by atoms with van der Waals surface area (Å²) >= 11 is 5.98. The lowest BCUT2D eigenvalue weighted by Gasteiger charge is -2.15. The molecule has 2 fully saturated rings. The van der Waals surface area contributed by atoms with Crippen molar-refractivity contribution in [3.63, 3.8) is 0 Å². The highest BCUT2D eigenvalue weighted by atomic mass is 35.5. The Morgan fingerprint density at radius 3 is 2.66 bits per heavy atom. The standard InChI is InChI=1S/C17H17ClF3N3O4S/c18-12-5-10(28-9-17(19,20)21)1-2-14(12)29(26,27)11-6-13(23-7-11)15(25)24-16(8-22)3-4-16/h1-2,5,11,13,23H,3-4,6-7,9H2,(H,24,25)/t11-,13-/m1/s1. The Balaban J connectivity index is 1.68. The number of alkyl halides is 3. The molecule has 1 aliphatic heterocycles. The third-order valence-corrected chi connectivity index (χ3v) is 7.42. The second-order valence-corrected chi connectivity index (χ2v) is 9.65. The van der Waals surface area contributed by atoms with Gasteiger partial charge in [-0.25, -0.2) is 8.42 Å². The van der Waals surface area contributed by atoms with Crippen LogP contribution in [0.5, 0.6) is 5.75 Å². The molecular weight excluding hydrogens is 435 g/mol. The van der Waals surface area contributed by atoms with Crippen molar-refractivity contribution in [2.75, 3.05) is 13.2 Å². The molecule has 29 heavy (non-hydrogen) atoms. The Morgan fingerprint density at radius 2 is 2.10 bits per heavy atom. The van der Waals surface area contributed by atoms with Gasteiger partial charge in [-0.2, -0.15) is 18.4 Å². The smallest absolute Gasteiger partial charge is 0.422 e. The maximum atomic E-state index is 12.9. The highest BCUT2D eigenvalue weighted by Gasteiger charge is 2.47. The van der Waals surface area contributed by atoms with Crippen LogP contribution in [0.15, 0.2) is 23.1 Å². The molecule has 0 spiro atoms. The van der Waals surface area contributed by atoms with Crippen molar-refractivity contribution in [1.29, 1.82) is 5.26 Å². The maximum Gasteiger partial charge on any atom is 0.422 e. The van der Waals surface area contributed by atoms with Crippen molar-refractivity contribution in [1.82, 2.24) is 10.6 Å². The number of benzene rings is 1. The van der Waals surface area contributed by atoms with E-state index in [-0.39, 0.29) is 28.6 Å². The van der Waals surface area contributed by atoms with Crippen LogP contribution in [0.3, 0.4) is 0 Å². The van der Waals surface area contributed by atoms with Crippen LogP contribution in [-0.4, -0.2) is 50.5 Å². The molecule has 1 saturated heterocycles. The van der Waals surface area contributed by atoms with E-state index in [9.17, 15) is 26.4 Å². The average molecular weight is 452 g/mol. The first kappa shape index (κ1) is 21.7. The van der Waals surface area contributed by atoms with Gasteiger partial charge in [0.25, 0.3) is 0 Å². The molecule has 7 nitrogen and oxygen atoms in total. The zero-order valence-corrected chi connectivity index (χ0v) is 16.5. The number of carbonyl (C=O) groups is 1. The quantitative estimate of drug-likeness (QED) is 0.684. The predicted octanol–water partition coefficient (Wildman–Crippen LogP) is 1.96. The van der Waals surface area contributed by atoms with Gasteiger partial charge in [-0.1, -0.05) is 11.6 Å². The van der Waals surface area contributed by atoms with Crippen LogP contribution in [0.2, 0.25) is 5.02 Å². The fourth-order valence-corrected chi connectivity index (χ4v) is 5.20. The molecule has 158 valence electrons. The second kappa shape index (κ2) is 7.66. The van der Waals surface area contributed by atoms with Crippen LogP contribution in [-0.2, 0) is 14.6 Å². The fraction of sp³-hybridized carbons (Fsp3) is 0.529. The van der Waals surface area contributed by atoms with Crippen LogP contribution in [0, 0.1) is 11.3 Å². The summed E-state index contributed by atoms with van der Waals surface area (Å²) in [6.45, 7) is -1.52. The van der Waals surface area contributed by atoms with Crippen molar-refractivity contribution in [2.24, 2.45) is 0 Å². The van der Waals surface area contributed by atoms with Crippen molar-refractivity contribution < 1.29 is 31.1 Å². The molecule has 0 bridgehead atoms. The predicted molar refractivity (Wildman–Crippen MR) is 96.1 cm³/mol. The highest BCUT2D eigenvalue weighted by molar-refractivity contribution is 7.92. The van der Waals surface area contributed by atoms with E-state index in [0.29, 0.717) is 12.8 Å². The lowest BCUT2D eigenvalue weighted by Crippen LogP contribution is -2.45. The number of nitriles is 1. The molecule has 1 aromatic carbocycles. The van der Waals surface area contributed by atoms with Gasteiger partial charge in [0.15, 0.2) is 16.4 Å². The van der Waals surface area contributed by atoms with Gasteiger partial charge in [-0.05, 0) is 31.4 Å². The Kier molecular flexibility index (Phi) is 5.73. The minimum atomic E-state index is -4.53. The van der Waals surface area contributed by atoms with E-state index < -0.39 is 45.4 Å². The Hall–Kier alpha value is -2.03. The van der Waals surface area contributed by atoms with Gasteiger partial charge < -0.3 is 15.4 Å². The lowest BCUT2D eigenvalue weighted by molar-refractivity contribution is -0.153. The number of ether oxygens (including phenoxy) is 1. The van der Waals surface area contributed by atoms with Gasteiger partial charge in [0.1, 0.15) is 11.3 Å². The van der Waals surface area contributed by atoms with E-state index in [1.54, 1.807) is 0 Å². The summed E-state index contributed by atoms with van der Waals surface area (Å²) < 4.78 is 67.0. The number of sulfone groups is 1. The first-order valence-electron chi connectivity index (χ1n) is 8.65. The molecule has 1 aromatic rings. The van der Waals surface area contributed by atoms with Gasteiger partial charge in [-0.15, -0.1) is 0 Å².